The fourth-order valence-corrected chi connectivity index (χ4v) is 2.30. The third kappa shape index (κ3) is 3.68. The number of anilines is 3. The number of benzene rings is 1. The summed E-state index contributed by atoms with van der Waals surface area (Å²) in [7, 11) is 1.60. The van der Waals surface area contributed by atoms with Crippen LogP contribution in [-0.2, 0) is 17.8 Å². The normalized spacial score (nSPS) is 10.6. The minimum Gasteiger partial charge on any atom is -0.384 e. The van der Waals surface area contributed by atoms with E-state index in [1.807, 2.05) is 12.1 Å². The van der Waals surface area contributed by atoms with Crippen molar-refractivity contribution < 1.29 is 4.74 Å². The molecule has 0 spiro atoms. The van der Waals surface area contributed by atoms with E-state index in [1.165, 1.54) is 5.56 Å². The monoisotopic (exact) mass is 336 g/mol. The first-order valence-corrected chi connectivity index (χ1v) is 7.09. The molecule has 0 unspecified atom stereocenters. The van der Waals surface area contributed by atoms with Gasteiger partial charge in [0.1, 0.15) is 18.2 Å². The molecule has 106 valence electrons. The second kappa shape index (κ2) is 6.67. The molecular weight excluding hydrogens is 320 g/mol. The summed E-state index contributed by atoms with van der Waals surface area (Å²) in [4.78, 5) is 8.49. The van der Waals surface area contributed by atoms with E-state index in [2.05, 4.69) is 44.2 Å². The molecule has 0 saturated heterocycles. The van der Waals surface area contributed by atoms with Gasteiger partial charge in [-0.05, 0) is 30.2 Å². The fraction of sp³-hybridized carbons (Fsp3) is 0.286. The maximum Gasteiger partial charge on any atom is 0.158 e. The first-order valence-electron chi connectivity index (χ1n) is 6.30. The Morgan fingerprint density at radius 1 is 1.30 bits per heavy atom. The number of ether oxygens (including phenoxy) is 1. The highest BCUT2D eigenvalue weighted by atomic mass is 79.9. The molecule has 0 aliphatic rings. The van der Waals surface area contributed by atoms with Crippen molar-refractivity contribution in [1.29, 1.82) is 0 Å². The first kappa shape index (κ1) is 14.7. The summed E-state index contributed by atoms with van der Waals surface area (Å²) >= 11 is 3.48. The minimum absolute atomic E-state index is 0.334. The Labute approximate surface area is 126 Å². The van der Waals surface area contributed by atoms with Crippen molar-refractivity contribution in [1.82, 2.24) is 9.97 Å². The third-order valence-corrected chi connectivity index (χ3v) is 3.27. The highest BCUT2D eigenvalue weighted by molar-refractivity contribution is 9.10. The molecule has 2 rings (SSSR count). The molecule has 0 amide bonds. The SMILES string of the molecule is CCc1cc(Br)ccc1Nc1cc(N)nc(COC)n1. The number of aromatic nitrogens is 2. The lowest BCUT2D eigenvalue weighted by Crippen LogP contribution is -2.05. The molecule has 1 aromatic carbocycles. The number of nitrogen functional groups attached to an aromatic ring is 1. The van der Waals surface area contributed by atoms with Crippen LogP contribution in [0.5, 0.6) is 0 Å². The maximum atomic E-state index is 5.78. The molecule has 0 radical (unpaired) electrons. The van der Waals surface area contributed by atoms with E-state index in [-0.39, 0.29) is 0 Å². The lowest BCUT2D eigenvalue weighted by atomic mass is 10.1. The number of halogens is 1. The Hall–Kier alpha value is -1.66. The summed E-state index contributed by atoms with van der Waals surface area (Å²) < 4.78 is 6.09. The van der Waals surface area contributed by atoms with Crippen LogP contribution in [0.3, 0.4) is 0 Å². The lowest BCUT2D eigenvalue weighted by Gasteiger charge is -2.12. The van der Waals surface area contributed by atoms with Crippen molar-refractivity contribution in [2.75, 3.05) is 18.2 Å². The molecule has 3 N–H and O–H groups in total. The molecule has 1 heterocycles. The van der Waals surface area contributed by atoms with Gasteiger partial charge in [0.15, 0.2) is 5.82 Å². The Bertz CT molecular complexity index is 604. The van der Waals surface area contributed by atoms with Crippen molar-refractivity contribution in [3.63, 3.8) is 0 Å². The van der Waals surface area contributed by atoms with Gasteiger partial charge in [-0.2, -0.15) is 0 Å². The number of nitrogens with zero attached hydrogens (tertiary/aromatic N) is 2. The second-order valence-corrected chi connectivity index (χ2v) is 5.22. The largest absolute Gasteiger partial charge is 0.384 e. The van der Waals surface area contributed by atoms with E-state index in [4.69, 9.17) is 10.5 Å². The van der Waals surface area contributed by atoms with Gasteiger partial charge in [0.25, 0.3) is 0 Å². The van der Waals surface area contributed by atoms with Gasteiger partial charge >= 0.3 is 0 Å². The zero-order chi connectivity index (χ0) is 14.5. The molecule has 1 aromatic heterocycles. The average molecular weight is 337 g/mol. The van der Waals surface area contributed by atoms with Crippen molar-refractivity contribution >= 4 is 33.3 Å². The van der Waals surface area contributed by atoms with Crippen molar-refractivity contribution in [2.45, 2.75) is 20.0 Å². The van der Waals surface area contributed by atoms with Crippen LogP contribution in [-0.4, -0.2) is 17.1 Å². The fourth-order valence-electron chi connectivity index (χ4n) is 1.89. The van der Waals surface area contributed by atoms with Crippen LogP contribution in [0.1, 0.15) is 18.3 Å². The second-order valence-electron chi connectivity index (χ2n) is 4.31. The molecule has 0 aliphatic carbocycles. The minimum atomic E-state index is 0.334. The molecular formula is C14H17BrN4O. The predicted molar refractivity (Wildman–Crippen MR) is 84.0 cm³/mol. The molecule has 0 aliphatic heterocycles. The molecule has 0 fully saturated rings. The van der Waals surface area contributed by atoms with Crippen LogP contribution in [0.25, 0.3) is 0 Å². The standard InChI is InChI=1S/C14H17BrN4O/c1-3-9-6-10(15)4-5-11(9)17-13-7-12(16)18-14(19-13)8-20-2/h4-7H,3,8H2,1-2H3,(H3,16,17,18,19). The first-order chi connectivity index (χ1) is 9.62. The molecule has 20 heavy (non-hydrogen) atoms. The van der Waals surface area contributed by atoms with Gasteiger partial charge < -0.3 is 15.8 Å². The summed E-state index contributed by atoms with van der Waals surface area (Å²) in [5.41, 5.74) is 7.99. The molecule has 0 atom stereocenters. The summed E-state index contributed by atoms with van der Waals surface area (Å²) in [5, 5.41) is 3.28. The van der Waals surface area contributed by atoms with E-state index in [9.17, 15) is 0 Å². The van der Waals surface area contributed by atoms with Crippen molar-refractivity contribution in [2.24, 2.45) is 0 Å². The summed E-state index contributed by atoms with van der Waals surface area (Å²) in [6.07, 6.45) is 0.924. The Morgan fingerprint density at radius 3 is 2.80 bits per heavy atom. The number of aryl methyl sites for hydroxylation is 1. The smallest absolute Gasteiger partial charge is 0.158 e. The summed E-state index contributed by atoms with van der Waals surface area (Å²) in [5.74, 6) is 1.65. The van der Waals surface area contributed by atoms with E-state index in [1.54, 1.807) is 13.2 Å². The maximum absolute atomic E-state index is 5.78. The van der Waals surface area contributed by atoms with Gasteiger partial charge in [-0.25, -0.2) is 9.97 Å². The Balaban J connectivity index is 2.29. The van der Waals surface area contributed by atoms with Gasteiger partial charge in [0.05, 0.1) is 0 Å². The van der Waals surface area contributed by atoms with Gasteiger partial charge in [-0.1, -0.05) is 22.9 Å². The average Bonchev–Trinajstić information content (AvgIpc) is 2.40. The predicted octanol–water partition coefficient (Wildman–Crippen LogP) is 3.27. The lowest BCUT2D eigenvalue weighted by molar-refractivity contribution is 0.178. The Morgan fingerprint density at radius 2 is 2.10 bits per heavy atom. The van der Waals surface area contributed by atoms with Gasteiger partial charge in [-0.15, -0.1) is 0 Å². The van der Waals surface area contributed by atoms with Crippen LogP contribution in [0.15, 0.2) is 28.7 Å². The summed E-state index contributed by atoms with van der Waals surface area (Å²) in [6.45, 7) is 2.44. The zero-order valence-corrected chi connectivity index (χ0v) is 13.1. The van der Waals surface area contributed by atoms with E-state index < -0.39 is 0 Å². The van der Waals surface area contributed by atoms with E-state index >= 15 is 0 Å². The highest BCUT2D eigenvalue weighted by Gasteiger charge is 2.06. The van der Waals surface area contributed by atoms with E-state index in [0.29, 0.717) is 24.1 Å². The highest BCUT2D eigenvalue weighted by Crippen LogP contribution is 2.24. The molecule has 6 heteroatoms. The number of rotatable bonds is 5. The Kier molecular flexibility index (Phi) is 4.92. The molecule has 0 bridgehead atoms. The van der Waals surface area contributed by atoms with Crippen molar-refractivity contribution in [3.05, 3.63) is 40.1 Å². The number of hydrogen-bond donors (Lipinski definition) is 2. The quantitative estimate of drug-likeness (QED) is 0.876. The number of nitrogens with two attached hydrogens (primary N) is 1. The van der Waals surface area contributed by atoms with Crippen LogP contribution < -0.4 is 11.1 Å². The molecule has 2 aromatic rings. The molecule has 0 saturated carbocycles. The van der Waals surface area contributed by atoms with Gasteiger partial charge in [0, 0.05) is 23.3 Å². The van der Waals surface area contributed by atoms with Crippen LogP contribution in [0.2, 0.25) is 0 Å². The number of methoxy groups -OCH3 is 1. The van der Waals surface area contributed by atoms with Crippen LogP contribution >= 0.6 is 15.9 Å². The van der Waals surface area contributed by atoms with E-state index in [0.717, 1.165) is 16.6 Å². The van der Waals surface area contributed by atoms with Crippen LogP contribution in [0, 0.1) is 0 Å². The number of hydrogen-bond acceptors (Lipinski definition) is 5. The topological polar surface area (TPSA) is 73.1 Å². The summed E-state index contributed by atoms with van der Waals surface area (Å²) in [6, 6.07) is 7.79. The third-order valence-electron chi connectivity index (χ3n) is 2.78. The zero-order valence-electron chi connectivity index (χ0n) is 11.5. The van der Waals surface area contributed by atoms with Crippen LogP contribution in [0.4, 0.5) is 17.3 Å². The molecule has 5 nitrogen and oxygen atoms in total. The van der Waals surface area contributed by atoms with Gasteiger partial charge in [0.2, 0.25) is 0 Å². The van der Waals surface area contributed by atoms with Crippen molar-refractivity contribution in [3.8, 4) is 0 Å². The number of nitrogens with one attached hydrogen (secondary N) is 1. The van der Waals surface area contributed by atoms with Gasteiger partial charge in [-0.3, -0.25) is 0 Å².